The molecule has 1 amide bonds. The Labute approximate surface area is 223 Å². The Morgan fingerprint density at radius 1 is 0.789 bits per heavy atom. The van der Waals surface area contributed by atoms with E-state index >= 15 is 0 Å². The van der Waals surface area contributed by atoms with Crippen molar-refractivity contribution >= 4 is 35.4 Å². The summed E-state index contributed by atoms with van der Waals surface area (Å²) in [6.07, 6.45) is -0.815. The highest BCUT2D eigenvalue weighted by Gasteiger charge is 2.57. The maximum absolute atomic E-state index is 13.8. The zero-order chi connectivity index (χ0) is 26.6. The lowest BCUT2D eigenvalue weighted by atomic mass is 9.98. The number of hydrogen-bond acceptors (Lipinski definition) is 8. The molecule has 9 heteroatoms. The smallest absolute Gasteiger partial charge is 0.339 e. The fourth-order valence-corrected chi connectivity index (χ4v) is 5.70. The summed E-state index contributed by atoms with van der Waals surface area (Å²) < 4.78 is 16.8. The third kappa shape index (κ3) is 4.85. The molecule has 2 aliphatic heterocycles. The normalized spacial score (nSPS) is 20.3. The van der Waals surface area contributed by atoms with Gasteiger partial charge in [-0.2, -0.15) is 0 Å². The summed E-state index contributed by atoms with van der Waals surface area (Å²) in [5, 5.41) is -0.600. The Balaban J connectivity index is 1.55. The van der Waals surface area contributed by atoms with Crippen LogP contribution in [0.3, 0.4) is 0 Å². The van der Waals surface area contributed by atoms with Gasteiger partial charge in [0.05, 0.1) is 11.1 Å². The van der Waals surface area contributed by atoms with Crippen LogP contribution in [-0.4, -0.2) is 59.2 Å². The van der Waals surface area contributed by atoms with Crippen LogP contribution in [0.4, 0.5) is 0 Å². The lowest BCUT2D eigenvalue weighted by Gasteiger charge is -2.50. The van der Waals surface area contributed by atoms with Gasteiger partial charge in [0, 0.05) is 18.2 Å². The van der Waals surface area contributed by atoms with Gasteiger partial charge in [0.2, 0.25) is 5.78 Å². The van der Waals surface area contributed by atoms with E-state index in [2.05, 4.69) is 0 Å². The largest absolute Gasteiger partial charge is 0.457 e. The number of ketones is 1. The average molecular weight is 530 g/mol. The number of Topliss-reactive ketones (excluding diaryl/α,β-unsaturated/α-hetero) is 1. The first-order valence-electron chi connectivity index (χ1n) is 11.8. The molecule has 0 bridgehead atoms. The quantitative estimate of drug-likeness (QED) is 0.244. The summed E-state index contributed by atoms with van der Waals surface area (Å²) in [7, 11) is 1.41. The van der Waals surface area contributed by atoms with E-state index in [0.29, 0.717) is 16.7 Å². The molecule has 8 nitrogen and oxygen atoms in total. The number of esters is 2. The first-order valence-corrected chi connectivity index (χ1v) is 12.8. The number of thioether (sulfide) groups is 1. The molecule has 1 fully saturated rings. The molecule has 38 heavy (non-hydrogen) atoms. The number of β-lactam (4-membered cyclic amide) rings is 1. The lowest BCUT2D eigenvalue weighted by molar-refractivity contribution is -0.158. The van der Waals surface area contributed by atoms with Gasteiger partial charge in [-0.1, -0.05) is 78.5 Å². The van der Waals surface area contributed by atoms with Crippen molar-refractivity contribution in [1.29, 1.82) is 0 Å². The number of carbonyl (C=O) groups excluding carboxylic acids is 4. The Kier molecular flexibility index (Phi) is 7.39. The predicted molar refractivity (Wildman–Crippen MR) is 139 cm³/mol. The number of nitrogens with zero attached hydrogens (tertiary/aromatic N) is 1. The van der Waals surface area contributed by atoms with Crippen molar-refractivity contribution in [1.82, 2.24) is 4.90 Å². The van der Waals surface area contributed by atoms with Gasteiger partial charge in [-0.3, -0.25) is 14.5 Å². The van der Waals surface area contributed by atoms with E-state index in [0.717, 1.165) is 11.8 Å². The molecule has 1 saturated heterocycles. The standard InChI is InChI=1S/C29H23NO7S/c1-35-24-25(32)30-22(23(31)18-11-5-2-6-12-18)21(17-36-27(33)19-13-7-3-8-14-19)29(38-26(24)30)37-28(34)20-15-9-4-10-16-20/h2-16,24,26,29H,17H2,1H3/t24-,26+,29?/m0/s1. The maximum atomic E-state index is 13.8. The Bertz CT molecular complexity index is 1390. The molecular formula is C29H23NO7S. The topological polar surface area (TPSA) is 99.2 Å². The third-order valence-electron chi connectivity index (χ3n) is 6.18. The number of benzene rings is 3. The van der Waals surface area contributed by atoms with Gasteiger partial charge < -0.3 is 14.2 Å². The van der Waals surface area contributed by atoms with E-state index in [9.17, 15) is 19.2 Å². The van der Waals surface area contributed by atoms with Gasteiger partial charge in [0.15, 0.2) is 11.5 Å². The zero-order valence-corrected chi connectivity index (χ0v) is 21.1. The number of hydrogen-bond donors (Lipinski definition) is 0. The maximum Gasteiger partial charge on any atom is 0.339 e. The van der Waals surface area contributed by atoms with Crippen LogP contribution in [0.2, 0.25) is 0 Å². The van der Waals surface area contributed by atoms with Crippen molar-refractivity contribution in [2.24, 2.45) is 0 Å². The molecule has 3 aromatic carbocycles. The van der Waals surface area contributed by atoms with Crippen LogP contribution in [0, 0.1) is 0 Å². The second-order valence-electron chi connectivity index (χ2n) is 8.51. The van der Waals surface area contributed by atoms with E-state index in [1.165, 1.54) is 12.0 Å². The molecule has 0 spiro atoms. The Morgan fingerprint density at radius 3 is 1.87 bits per heavy atom. The van der Waals surface area contributed by atoms with Crippen LogP contribution in [0.5, 0.6) is 0 Å². The molecule has 3 atom stereocenters. The molecular weight excluding hydrogens is 506 g/mol. The van der Waals surface area contributed by atoms with Gasteiger partial charge in [0.1, 0.15) is 17.7 Å². The fourth-order valence-electron chi connectivity index (χ4n) is 4.26. The monoisotopic (exact) mass is 529 g/mol. The Hall–Kier alpha value is -4.21. The van der Waals surface area contributed by atoms with Crippen molar-refractivity contribution < 1.29 is 33.4 Å². The van der Waals surface area contributed by atoms with Gasteiger partial charge in [-0.25, -0.2) is 9.59 Å². The number of fused-ring (bicyclic) bond motifs is 1. The second kappa shape index (κ2) is 11.0. The fraction of sp³-hybridized carbons (Fsp3) is 0.172. The van der Waals surface area contributed by atoms with E-state index in [4.69, 9.17) is 14.2 Å². The molecule has 2 heterocycles. The van der Waals surface area contributed by atoms with Crippen molar-refractivity contribution in [2.75, 3.05) is 13.7 Å². The zero-order valence-electron chi connectivity index (χ0n) is 20.3. The number of ether oxygens (including phenoxy) is 3. The van der Waals surface area contributed by atoms with E-state index < -0.39 is 40.5 Å². The molecule has 0 saturated carbocycles. The van der Waals surface area contributed by atoms with Crippen molar-refractivity contribution in [3.05, 3.63) is 119 Å². The van der Waals surface area contributed by atoms with Crippen molar-refractivity contribution in [2.45, 2.75) is 16.9 Å². The number of amides is 1. The van der Waals surface area contributed by atoms with Crippen molar-refractivity contribution in [3.8, 4) is 0 Å². The van der Waals surface area contributed by atoms with Crippen molar-refractivity contribution in [3.63, 3.8) is 0 Å². The summed E-state index contributed by atoms with van der Waals surface area (Å²) in [6, 6.07) is 25.3. The predicted octanol–water partition coefficient (Wildman–Crippen LogP) is 4.09. The molecule has 0 aromatic heterocycles. The summed E-state index contributed by atoms with van der Waals surface area (Å²) in [6.45, 7) is -0.366. The number of methoxy groups -OCH3 is 1. The van der Waals surface area contributed by atoms with Crippen LogP contribution in [0.25, 0.3) is 0 Å². The highest BCUT2D eigenvalue weighted by Crippen LogP contribution is 2.46. The second-order valence-corrected chi connectivity index (χ2v) is 9.69. The highest BCUT2D eigenvalue weighted by atomic mass is 32.2. The molecule has 3 aromatic rings. The number of carbonyl (C=O) groups is 4. The molecule has 0 N–H and O–H groups in total. The van der Waals surface area contributed by atoms with Gasteiger partial charge >= 0.3 is 11.9 Å². The molecule has 1 unspecified atom stereocenters. The Morgan fingerprint density at radius 2 is 1.32 bits per heavy atom. The van der Waals surface area contributed by atoms with Gasteiger partial charge in [0.25, 0.3) is 5.91 Å². The first-order chi connectivity index (χ1) is 18.5. The third-order valence-corrected chi connectivity index (χ3v) is 7.55. The molecule has 2 aliphatic rings. The van der Waals surface area contributed by atoms with Crippen LogP contribution in [-0.2, 0) is 19.0 Å². The van der Waals surface area contributed by atoms with Crippen LogP contribution < -0.4 is 0 Å². The SMILES string of the molecule is CO[C@H]1C(=O)N2C(C(=O)c3ccccc3)=C(COC(=O)c3ccccc3)C(OC(=O)c3ccccc3)S[C@H]12. The average Bonchev–Trinajstić information content (AvgIpc) is 2.97. The van der Waals surface area contributed by atoms with Gasteiger partial charge in [-0.05, 0) is 24.3 Å². The summed E-state index contributed by atoms with van der Waals surface area (Å²) >= 11 is 1.15. The number of rotatable bonds is 8. The molecule has 192 valence electrons. The molecule has 0 aliphatic carbocycles. The van der Waals surface area contributed by atoms with Gasteiger partial charge in [-0.15, -0.1) is 0 Å². The van der Waals surface area contributed by atoms with E-state index in [1.807, 2.05) is 0 Å². The minimum atomic E-state index is -1.01. The molecule has 5 rings (SSSR count). The van der Waals surface area contributed by atoms with E-state index in [1.54, 1.807) is 91.0 Å². The summed E-state index contributed by atoms with van der Waals surface area (Å²) in [4.78, 5) is 53.9. The summed E-state index contributed by atoms with van der Waals surface area (Å²) in [5.74, 6) is -2.08. The number of allylic oxidation sites excluding steroid dienone is 1. The minimum absolute atomic E-state index is 0.0185. The molecule has 0 radical (unpaired) electrons. The summed E-state index contributed by atoms with van der Waals surface area (Å²) in [5.41, 5.74) is 0.187. The lowest BCUT2D eigenvalue weighted by Crippen LogP contribution is -2.66. The van der Waals surface area contributed by atoms with Crippen LogP contribution >= 0.6 is 11.8 Å². The minimum Gasteiger partial charge on any atom is -0.457 e. The van der Waals surface area contributed by atoms with Crippen LogP contribution in [0.15, 0.2) is 102 Å². The van der Waals surface area contributed by atoms with Crippen LogP contribution in [0.1, 0.15) is 31.1 Å². The highest BCUT2D eigenvalue weighted by molar-refractivity contribution is 8.00. The first kappa shape index (κ1) is 25.4. The van der Waals surface area contributed by atoms with E-state index in [-0.39, 0.29) is 17.9 Å².